The van der Waals surface area contributed by atoms with E-state index < -0.39 is 0 Å². The molecule has 1 amide bonds. The maximum absolute atomic E-state index is 12.0. The Kier molecular flexibility index (Phi) is 5.16. The fourth-order valence-electron chi connectivity index (χ4n) is 2.71. The van der Waals surface area contributed by atoms with Crippen LogP contribution in [0.1, 0.15) is 25.5 Å². The highest BCUT2D eigenvalue weighted by atomic mass is 35.5. The number of amides is 1. The molecule has 24 heavy (non-hydrogen) atoms. The Morgan fingerprint density at radius 1 is 1.21 bits per heavy atom. The highest BCUT2D eigenvalue weighted by molar-refractivity contribution is 6.30. The second kappa shape index (κ2) is 7.49. The Labute approximate surface area is 146 Å². The van der Waals surface area contributed by atoms with Crippen molar-refractivity contribution in [2.45, 2.75) is 26.2 Å². The predicted molar refractivity (Wildman–Crippen MR) is 97.3 cm³/mol. The van der Waals surface area contributed by atoms with Gasteiger partial charge in [-0.1, -0.05) is 36.7 Å². The third-order valence-electron chi connectivity index (χ3n) is 3.91. The SMILES string of the molecule is CCCNC(=O)CCc1c(-c2ccc(Cl)cc2)nc2ccccn12. The largest absolute Gasteiger partial charge is 0.356 e. The molecule has 2 aromatic heterocycles. The minimum absolute atomic E-state index is 0.0739. The molecule has 0 aliphatic rings. The van der Waals surface area contributed by atoms with Crippen LogP contribution in [-0.2, 0) is 11.2 Å². The van der Waals surface area contributed by atoms with Crippen molar-refractivity contribution in [1.29, 1.82) is 0 Å². The summed E-state index contributed by atoms with van der Waals surface area (Å²) in [5, 5.41) is 3.62. The lowest BCUT2D eigenvalue weighted by molar-refractivity contribution is -0.121. The van der Waals surface area contributed by atoms with Gasteiger partial charge in [0, 0.05) is 29.7 Å². The second-order valence-electron chi connectivity index (χ2n) is 5.69. The predicted octanol–water partition coefficient (Wildman–Crippen LogP) is 4.11. The first-order chi connectivity index (χ1) is 11.7. The molecule has 0 aliphatic carbocycles. The molecule has 3 rings (SSSR count). The fraction of sp³-hybridized carbons (Fsp3) is 0.263. The summed E-state index contributed by atoms with van der Waals surface area (Å²) in [5.41, 5.74) is 3.83. The summed E-state index contributed by atoms with van der Waals surface area (Å²) in [6.07, 6.45) is 4.01. The molecule has 4 nitrogen and oxygen atoms in total. The van der Waals surface area contributed by atoms with Gasteiger partial charge in [-0.25, -0.2) is 4.98 Å². The van der Waals surface area contributed by atoms with Crippen LogP contribution >= 0.6 is 11.6 Å². The third-order valence-corrected chi connectivity index (χ3v) is 4.16. The summed E-state index contributed by atoms with van der Waals surface area (Å²) in [4.78, 5) is 16.7. The van der Waals surface area contributed by atoms with Gasteiger partial charge in [-0.2, -0.15) is 0 Å². The van der Waals surface area contributed by atoms with Crippen molar-refractivity contribution in [1.82, 2.24) is 14.7 Å². The molecule has 1 aromatic carbocycles. The van der Waals surface area contributed by atoms with Gasteiger partial charge in [0.15, 0.2) is 0 Å². The lowest BCUT2D eigenvalue weighted by Crippen LogP contribution is -2.24. The number of carbonyl (C=O) groups excluding carboxylic acids is 1. The van der Waals surface area contributed by atoms with E-state index >= 15 is 0 Å². The van der Waals surface area contributed by atoms with Crippen LogP contribution in [-0.4, -0.2) is 21.8 Å². The Morgan fingerprint density at radius 3 is 2.75 bits per heavy atom. The van der Waals surface area contributed by atoms with Crippen LogP contribution in [0.2, 0.25) is 5.02 Å². The van der Waals surface area contributed by atoms with E-state index in [1.54, 1.807) is 0 Å². The van der Waals surface area contributed by atoms with Gasteiger partial charge in [0.05, 0.1) is 11.4 Å². The number of pyridine rings is 1. The molecular formula is C19H20ClN3O. The number of fused-ring (bicyclic) bond motifs is 1. The Bertz CT molecular complexity index is 839. The number of imidazole rings is 1. The summed E-state index contributed by atoms with van der Waals surface area (Å²) < 4.78 is 2.05. The molecule has 124 valence electrons. The fourth-order valence-corrected chi connectivity index (χ4v) is 2.84. The van der Waals surface area contributed by atoms with Crippen molar-refractivity contribution in [3.05, 3.63) is 59.4 Å². The van der Waals surface area contributed by atoms with Gasteiger partial charge in [-0.3, -0.25) is 4.79 Å². The summed E-state index contributed by atoms with van der Waals surface area (Å²) in [5.74, 6) is 0.0739. The van der Waals surface area contributed by atoms with Crippen molar-refractivity contribution in [3.8, 4) is 11.3 Å². The number of nitrogens with zero attached hydrogens (tertiary/aromatic N) is 2. The molecule has 2 heterocycles. The molecule has 0 spiro atoms. The molecule has 0 bridgehead atoms. The van der Waals surface area contributed by atoms with Crippen LogP contribution in [0, 0.1) is 0 Å². The highest BCUT2D eigenvalue weighted by Gasteiger charge is 2.15. The average Bonchev–Trinajstić information content (AvgIpc) is 2.97. The molecule has 0 unspecified atom stereocenters. The lowest BCUT2D eigenvalue weighted by atomic mass is 10.1. The minimum atomic E-state index is 0.0739. The standard InChI is InChI=1S/C19H20ClN3O/c1-2-12-21-18(24)11-10-16-19(14-6-8-15(20)9-7-14)22-17-5-3-4-13-23(16)17/h3-9,13H,2,10-12H2,1H3,(H,21,24). The van der Waals surface area contributed by atoms with Crippen LogP contribution in [0.3, 0.4) is 0 Å². The quantitative estimate of drug-likeness (QED) is 0.733. The number of benzene rings is 1. The zero-order valence-corrected chi connectivity index (χ0v) is 14.4. The maximum Gasteiger partial charge on any atom is 0.220 e. The summed E-state index contributed by atoms with van der Waals surface area (Å²) >= 11 is 5.99. The first kappa shape index (κ1) is 16.5. The number of aryl methyl sites for hydroxylation is 1. The van der Waals surface area contributed by atoms with Gasteiger partial charge in [-0.05, 0) is 37.1 Å². The normalized spacial score (nSPS) is 10.9. The average molecular weight is 342 g/mol. The Balaban J connectivity index is 1.93. The summed E-state index contributed by atoms with van der Waals surface area (Å²) in [6, 6.07) is 13.6. The van der Waals surface area contributed by atoms with Gasteiger partial charge in [0.1, 0.15) is 5.65 Å². The topological polar surface area (TPSA) is 46.4 Å². The first-order valence-electron chi connectivity index (χ1n) is 8.17. The number of halogens is 1. The molecule has 1 N–H and O–H groups in total. The molecule has 0 atom stereocenters. The number of aromatic nitrogens is 2. The van der Waals surface area contributed by atoms with Crippen LogP contribution in [0.25, 0.3) is 16.9 Å². The van der Waals surface area contributed by atoms with E-state index in [0.29, 0.717) is 17.9 Å². The molecule has 0 radical (unpaired) electrons. The van der Waals surface area contributed by atoms with E-state index in [2.05, 4.69) is 9.72 Å². The lowest BCUT2D eigenvalue weighted by Gasteiger charge is -2.06. The van der Waals surface area contributed by atoms with Gasteiger partial charge >= 0.3 is 0 Å². The van der Waals surface area contributed by atoms with E-state index in [4.69, 9.17) is 16.6 Å². The monoisotopic (exact) mass is 341 g/mol. The van der Waals surface area contributed by atoms with E-state index in [1.807, 2.05) is 55.6 Å². The first-order valence-corrected chi connectivity index (χ1v) is 8.55. The van der Waals surface area contributed by atoms with E-state index in [9.17, 15) is 4.79 Å². The van der Waals surface area contributed by atoms with Gasteiger partial charge < -0.3 is 9.72 Å². The van der Waals surface area contributed by atoms with Crippen molar-refractivity contribution in [2.24, 2.45) is 0 Å². The molecule has 0 saturated heterocycles. The molecule has 3 aromatic rings. The number of nitrogens with one attached hydrogen (secondary N) is 1. The smallest absolute Gasteiger partial charge is 0.220 e. The summed E-state index contributed by atoms with van der Waals surface area (Å²) in [6.45, 7) is 2.76. The van der Waals surface area contributed by atoms with Crippen LogP contribution in [0.15, 0.2) is 48.7 Å². The second-order valence-corrected chi connectivity index (χ2v) is 6.13. The maximum atomic E-state index is 12.0. The van der Waals surface area contributed by atoms with E-state index in [0.717, 1.165) is 35.6 Å². The Hall–Kier alpha value is -2.33. The zero-order valence-electron chi connectivity index (χ0n) is 13.6. The third kappa shape index (κ3) is 3.60. The van der Waals surface area contributed by atoms with Crippen molar-refractivity contribution in [3.63, 3.8) is 0 Å². The van der Waals surface area contributed by atoms with Crippen molar-refractivity contribution >= 4 is 23.2 Å². The summed E-state index contributed by atoms with van der Waals surface area (Å²) in [7, 11) is 0. The number of hydrogen-bond donors (Lipinski definition) is 1. The number of hydrogen-bond acceptors (Lipinski definition) is 2. The highest BCUT2D eigenvalue weighted by Crippen LogP contribution is 2.26. The zero-order chi connectivity index (χ0) is 16.9. The minimum Gasteiger partial charge on any atom is -0.356 e. The van der Waals surface area contributed by atoms with Gasteiger partial charge in [0.25, 0.3) is 0 Å². The van der Waals surface area contributed by atoms with Crippen LogP contribution < -0.4 is 5.32 Å². The molecule has 5 heteroatoms. The van der Waals surface area contributed by atoms with Crippen LogP contribution in [0.5, 0.6) is 0 Å². The van der Waals surface area contributed by atoms with Crippen molar-refractivity contribution < 1.29 is 4.79 Å². The number of carbonyl (C=O) groups is 1. The van der Waals surface area contributed by atoms with E-state index in [-0.39, 0.29) is 5.91 Å². The van der Waals surface area contributed by atoms with Gasteiger partial charge in [-0.15, -0.1) is 0 Å². The molecular weight excluding hydrogens is 322 g/mol. The Morgan fingerprint density at radius 2 is 2.00 bits per heavy atom. The number of rotatable bonds is 6. The molecule has 0 saturated carbocycles. The van der Waals surface area contributed by atoms with Gasteiger partial charge in [0.2, 0.25) is 5.91 Å². The molecule has 0 fully saturated rings. The molecule has 0 aliphatic heterocycles. The van der Waals surface area contributed by atoms with Crippen LogP contribution in [0.4, 0.5) is 0 Å². The van der Waals surface area contributed by atoms with E-state index in [1.165, 1.54) is 0 Å². The van der Waals surface area contributed by atoms with Crippen molar-refractivity contribution in [2.75, 3.05) is 6.54 Å².